The van der Waals surface area contributed by atoms with Crippen molar-refractivity contribution in [1.82, 2.24) is 4.90 Å². The number of benzene rings is 1. The number of nitrogens with zero attached hydrogens (tertiary/aromatic N) is 3. The summed E-state index contributed by atoms with van der Waals surface area (Å²) in [5.41, 5.74) is 1.84. The number of nitriles is 1. The summed E-state index contributed by atoms with van der Waals surface area (Å²) in [5.74, 6) is 0.911. The summed E-state index contributed by atoms with van der Waals surface area (Å²) in [6, 6.07) is 10.1. The quantitative estimate of drug-likeness (QED) is 0.823. The van der Waals surface area contributed by atoms with Crippen LogP contribution in [0.2, 0.25) is 0 Å². The van der Waals surface area contributed by atoms with Gasteiger partial charge in [0.25, 0.3) is 0 Å². The molecule has 90 valence electrons. The van der Waals surface area contributed by atoms with Crippen molar-refractivity contribution in [2.24, 2.45) is 0 Å². The lowest BCUT2D eigenvalue weighted by atomic mass is 10.1. The minimum atomic E-state index is 0.773. The van der Waals surface area contributed by atoms with Crippen LogP contribution < -0.4 is 4.90 Å². The Balaban J connectivity index is 2.03. The van der Waals surface area contributed by atoms with E-state index in [1.54, 1.807) is 0 Å². The highest BCUT2D eigenvalue weighted by Crippen LogP contribution is 2.20. The molecule has 17 heavy (non-hydrogen) atoms. The number of rotatable bonds is 3. The Hall–Kier alpha value is -1.18. The van der Waals surface area contributed by atoms with E-state index >= 15 is 0 Å². The smallest absolute Gasteiger partial charge is 0.101 e. The van der Waals surface area contributed by atoms with Gasteiger partial charge in [0, 0.05) is 38.5 Å². The van der Waals surface area contributed by atoms with Crippen LogP contribution >= 0.6 is 12.6 Å². The maximum absolute atomic E-state index is 9.09. The molecule has 0 aliphatic carbocycles. The number of piperazine rings is 1. The molecule has 0 radical (unpaired) electrons. The molecule has 1 heterocycles. The molecule has 1 aliphatic heterocycles. The molecular weight excluding hydrogens is 230 g/mol. The van der Waals surface area contributed by atoms with Gasteiger partial charge in [-0.3, -0.25) is 4.90 Å². The average molecular weight is 247 g/mol. The Morgan fingerprint density at radius 1 is 1.18 bits per heavy atom. The van der Waals surface area contributed by atoms with E-state index in [0.29, 0.717) is 0 Å². The van der Waals surface area contributed by atoms with Gasteiger partial charge in [-0.05, 0) is 12.1 Å². The molecule has 0 saturated carbocycles. The third-order valence-corrected chi connectivity index (χ3v) is 3.35. The van der Waals surface area contributed by atoms with E-state index in [9.17, 15) is 0 Å². The fourth-order valence-electron chi connectivity index (χ4n) is 2.20. The van der Waals surface area contributed by atoms with Crippen LogP contribution in [-0.2, 0) is 0 Å². The Morgan fingerprint density at radius 2 is 1.88 bits per heavy atom. The van der Waals surface area contributed by atoms with Crippen molar-refractivity contribution in [3.05, 3.63) is 29.8 Å². The van der Waals surface area contributed by atoms with E-state index in [0.717, 1.165) is 49.7 Å². The Bertz CT molecular complexity index is 405. The second-order valence-corrected chi connectivity index (χ2v) is 4.63. The summed E-state index contributed by atoms with van der Waals surface area (Å²) >= 11 is 4.26. The fourth-order valence-corrected chi connectivity index (χ4v) is 2.48. The lowest BCUT2D eigenvalue weighted by Gasteiger charge is -2.36. The zero-order valence-corrected chi connectivity index (χ0v) is 10.7. The van der Waals surface area contributed by atoms with Crippen LogP contribution in [-0.4, -0.2) is 43.4 Å². The maximum atomic E-state index is 9.09. The molecule has 0 spiro atoms. The van der Waals surface area contributed by atoms with E-state index < -0.39 is 0 Å². The largest absolute Gasteiger partial charge is 0.368 e. The van der Waals surface area contributed by atoms with Crippen molar-refractivity contribution >= 4 is 18.3 Å². The third kappa shape index (κ3) is 2.93. The van der Waals surface area contributed by atoms with E-state index in [4.69, 9.17) is 5.26 Å². The number of thiol groups is 1. The highest BCUT2D eigenvalue weighted by Gasteiger charge is 2.18. The van der Waals surface area contributed by atoms with Gasteiger partial charge in [-0.2, -0.15) is 17.9 Å². The second kappa shape index (κ2) is 5.95. The summed E-state index contributed by atoms with van der Waals surface area (Å²) < 4.78 is 0. The number of hydrogen-bond acceptors (Lipinski definition) is 4. The Morgan fingerprint density at radius 3 is 2.53 bits per heavy atom. The van der Waals surface area contributed by atoms with Crippen LogP contribution in [0.25, 0.3) is 0 Å². The summed E-state index contributed by atoms with van der Waals surface area (Å²) in [7, 11) is 0. The molecule has 0 amide bonds. The minimum absolute atomic E-state index is 0.773. The van der Waals surface area contributed by atoms with Crippen molar-refractivity contribution in [3.8, 4) is 6.07 Å². The maximum Gasteiger partial charge on any atom is 0.101 e. The summed E-state index contributed by atoms with van der Waals surface area (Å²) in [4.78, 5) is 4.71. The van der Waals surface area contributed by atoms with Crippen LogP contribution in [0.5, 0.6) is 0 Å². The van der Waals surface area contributed by atoms with Gasteiger partial charge in [0.05, 0.1) is 11.3 Å². The van der Waals surface area contributed by atoms with Crippen LogP contribution in [0.1, 0.15) is 5.56 Å². The lowest BCUT2D eigenvalue weighted by molar-refractivity contribution is 0.273. The van der Waals surface area contributed by atoms with Gasteiger partial charge in [-0.15, -0.1) is 0 Å². The van der Waals surface area contributed by atoms with Gasteiger partial charge in [-0.1, -0.05) is 12.1 Å². The van der Waals surface area contributed by atoms with E-state index in [1.165, 1.54) is 0 Å². The normalized spacial score (nSPS) is 16.8. The van der Waals surface area contributed by atoms with Gasteiger partial charge in [0.2, 0.25) is 0 Å². The van der Waals surface area contributed by atoms with Gasteiger partial charge in [0.15, 0.2) is 0 Å². The molecular formula is C13H17N3S. The highest BCUT2D eigenvalue weighted by atomic mass is 32.1. The first-order valence-corrected chi connectivity index (χ1v) is 6.55. The van der Waals surface area contributed by atoms with Gasteiger partial charge < -0.3 is 4.90 Å². The molecule has 0 bridgehead atoms. The summed E-state index contributed by atoms with van der Waals surface area (Å²) in [6.45, 7) is 5.15. The fraction of sp³-hybridized carbons (Fsp3) is 0.462. The molecule has 1 aliphatic rings. The molecule has 0 N–H and O–H groups in total. The SMILES string of the molecule is N#Cc1ccccc1N1CCN(CCS)CC1. The predicted molar refractivity (Wildman–Crippen MR) is 73.7 cm³/mol. The number of para-hydroxylation sites is 1. The average Bonchev–Trinajstić information content (AvgIpc) is 2.40. The molecule has 4 heteroatoms. The zero-order chi connectivity index (χ0) is 12.1. The van der Waals surface area contributed by atoms with Crippen LogP contribution in [0.15, 0.2) is 24.3 Å². The van der Waals surface area contributed by atoms with E-state index in [2.05, 4.69) is 28.5 Å². The second-order valence-electron chi connectivity index (χ2n) is 4.18. The van der Waals surface area contributed by atoms with Crippen molar-refractivity contribution in [2.75, 3.05) is 43.4 Å². The lowest BCUT2D eigenvalue weighted by Crippen LogP contribution is -2.47. The topological polar surface area (TPSA) is 30.3 Å². The van der Waals surface area contributed by atoms with Crippen LogP contribution in [0.4, 0.5) is 5.69 Å². The van der Waals surface area contributed by atoms with Gasteiger partial charge >= 0.3 is 0 Å². The molecule has 0 atom stereocenters. The first-order valence-electron chi connectivity index (χ1n) is 5.92. The van der Waals surface area contributed by atoms with Crippen molar-refractivity contribution in [2.45, 2.75) is 0 Å². The van der Waals surface area contributed by atoms with Crippen molar-refractivity contribution < 1.29 is 0 Å². The first-order chi connectivity index (χ1) is 8.35. The van der Waals surface area contributed by atoms with Crippen molar-refractivity contribution in [3.63, 3.8) is 0 Å². The zero-order valence-electron chi connectivity index (χ0n) is 9.84. The van der Waals surface area contributed by atoms with Gasteiger partial charge in [-0.25, -0.2) is 0 Å². The molecule has 1 aromatic rings. The van der Waals surface area contributed by atoms with Crippen molar-refractivity contribution in [1.29, 1.82) is 5.26 Å². The third-order valence-electron chi connectivity index (χ3n) is 3.15. The molecule has 0 aromatic heterocycles. The van der Waals surface area contributed by atoms with E-state index in [-0.39, 0.29) is 0 Å². The minimum Gasteiger partial charge on any atom is -0.368 e. The standard InChI is InChI=1S/C13H17N3S/c14-11-12-3-1-2-4-13(12)16-7-5-15(6-8-16)9-10-17/h1-4,17H,5-10H2. The van der Waals surface area contributed by atoms with Gasteiger partial charge in [0.1, 0.15) is 6.07 Å². The van der Waals surface area contributed by atoms with E-state index in [1.807, 2.05) is 24.3 Å². The molecule has 0 unspecified atom stereocenters. The monoisotopic (exact) mass is 247 g/mol. The molecule has 3 nitrogen and oxygen atoms in total. The molecule has 1 fully saturated rings. The van der Waals surface area contributed by atoms with Crippen LogP contribution in [0, 0.1) is 11.3 Å². The first kappa shape index (κ1) is 12.3. The molecule has 1 saturated heterocycles. The Kier molecular flexibility index (Phi) is 4.29. The number of anilines is 1. The molecule has 2 rings (SSSR count). The molecule has 1 aromatic carbocycles. The Labute approximate surface area is 108 Å². The van der Waals surface area contributed by atoms with Crippen LogP contribution in [0.3, 0.4) is 0 Å². The summed E-state index contributed by atoms with van der Waals surface area (Å²) in [6.07, 6.45) is 0. The number of hydrogen-bond donors (Lipinski definition) is 1. The highest BCUT2D eigenvalue weighted by molar-refractivity contribution is 7.80. The summed E-state index contributed by atoms with van der Waals surface area (Å²) in [5, 5.41) is 9.09. The predicted octanol–water partition coefficient (Wildman–Crippen LogP) is 1.61.